The van der Waals surface area contributed by atoms with Crippen molar-refractivity contribution in [2.75, 3.05) is 0 Å². The van der Waals surface area contributed by atoms with Crippen molar-refractivity contribution in [1.82, 2.24) is 4.98 Å². The summed E-state index contributed by atoms with van der Waals surface area (Å²) < 4.78 is 0. The molecule has 0 spiro atoms. The van der Waals surface area contributed by atoms with Crippen molar-refractivity contribution in [3.8, 4) is 11.1 Å². The summed E-state index contributed by atoms with van der Waals surface area (Å²) in [6.45, 7) is 9.57. The van der Waals surface area contributed by atoms with Crippen LogP contribution in [0.3, 0.4) is 0 Å². The number of aromatic nitrogens is 1. The maximum atomic E-state index is 11.5. The molecule has 0 bridgehead atoms. The molecule has 0 aliphatic carbocycles. The van der Waals surface area contributed by atoms with E-state index in [1.165, 1.54) is 0 Å². The molecule has 0 saturated heterocycles. The van der Waals surface area contributed by atoms with Crippen LogP contribution in [-0.4, -0.2) is 10.8 Å². The van der Waals surface area contributed by atoms with Crippen LogP contribution in [0.15, 0.2) is 36.7 Å². The summed E-state index contributed by atoms with van der Waals surface area (Å²) >= 11 is 0. The van der Waals surface area contributed by atoms with Gasteiger partial charge in [-0.15, -0.1) is 0 Å². The summed E-state index contributed by atoms with van der Waals surface area (Å²) in [5.41, 5.74) is 5.16. The van der Waals surface area contributed by atoms with Crippen LogP contribution in [0.1, 0.15) is 42.3 Å². The number of carbonyl (C=O) groups excluding carboxylic acids is 1. The number of aryl methyl sites for hydroxylation is 2. The molecule has 0 aliphatic heterocycles. The fraction of sp³-hybridized carbons (Fsp3) is 0.294. The average molecular weight is 255 g/mol. The topological polar surface area (TPSA) is 30.0 Å². The predicted molar refractivity (Wildman–Crippen MR) is 80.5 cm³/mol. The van der Waals surface area contributed by atoms with Crippen LogP contribution in [0.4, 0.5) is 0 Å². The number of carbonyl (C=O) groups is 1. The minimum atomic E-state index is 0.126. The second kappa shape index (κ2) is 6.83. The van der Waals surface area contributed by atoms with Gasteiger partial charge < -0.3 is 0 Å². The minimum Gasteiger partial charge on any atom is -0.294 e. The standard InChI is InChI=1S/C15H15NO.C2H6/c1-10-8-14(13-4-6-16-7-5-13)9-11(2)15(10)12(3)17;1-2/h4-9H,1-3H3;1-2H3. The molecule has 0 unspecified atom stereocenters. The minimum absolute atomic E-state index is 0.126. The molecule has 1 heterocycles. The highest BCUT2D eigenvalue weighted by Gasteiger charge is 2.09. The molecule has 2 heteroatoms. The van der Waals surface area contributed by atoms with Gasteiger partial charge in [-0.05, 0) is 55.2 Å². The van der Waals surface area contributed by atoms with Crippen LogP contribution in [0.25, 0.3) is 11.1 Å². The monoisotopic (exact) mass is 255 g/mol. The lowest BCUT2D eigenvalue weighted by Gasteiger charge is -2.10. The normalized spacial score (nSPS) is 9.53. The van der Waals surface area contributed by atoms with Crippen LogP contribution >= 0.6 is 0 Å². The van der Waals surface area contributed by atoms with Gasteiger partial charge in [0, 0.05) is 18.0 Å². The molecule has 2 rings (SSSR count). The number of hydrogen-bond donors (Lipinski definition) is 0. The van der Waals surface area contributed by atoms with Crippen molar-refractivity contribution in [2.45, 2.75) is 34.6 Å². The molecule has 0 N–H and O–H groups in total. The third-order valence-electron chi connectivity index (χ3n) is 2.90. The van der Waals surface area contributed by atoms with Crippen LogP contribution < -0.4 is 0 Å². The first-order valence-corrected chi connectivity index (χ1v) is 6.62. The molecule has 19 heavy (non-hydrogen) atoms. The SMILES string of the molecule is CC.CC(=O)c1c(C)cc(-c2ccncc2)cc1C. The Hall–Kier alpha value is -1.96. The smallest absolute Gasteiger partial charge is 0.160 e. The average Bonchev–Trinajstić information content (AvgIpc) is 2.40. The second-order valence-electron chi connectivity index (χ2n) is 4.28. The molecule has 2 aromatic rings. The Morgan fingerprint density at radius 2 is 1.42 bits per heavy atom. The molecular formula is C17H21NO. The first-order chi connectivity index (χ1) is 9.09. The van der Waals surface area contributed by atoms with E-state index in [0.717, 1.165) is 27.8 Å². The second-order valence-corrected chi connectivity index (χ2v) is 4.28. The van der Waals surface area contributed by atoms with Gasteiger partial charge in [0.25, 0.3) is 0 Å². The lowest BCUT2D eigenvalue weighted by molar-refractivity contribution is 0.101. The van der Waals surface area contributed by atoms with Gasteiger partial charge in [-0.1, -0.05) is 26.0 Å². The van der Waals surface area contributed by atoms with E-state index in [1.807, 2.05) is 39.8 Å². The Labute approximate surface area is 115 Å². The Morgan fingerprint density at radius 1 is 0.947 bits per heavy atom. The number of rotatable bonds is 2. The van der Waals surface area contributed by atoms with Gasteiger partial charge in [-0.25, -0.2) is 0 Å². The van der Waals surface area contributed by atoms with Gasteiger partial charge in [0.1, 0.15) is 0 Å². The highest BCUT2D eigenvalue weighted by atomic mass is 16.1. The van der Waals surface area contributed by atoms with E-state index < -0.39 is 0 Å². The van der Waals surface area contributed by atoms with Gasteiger partial charge >= 0.3 is 0 Å². The Morgan fingerprint density at radius 3 is 1.84 bits per heavy atom. The van der Waals surface area contributed by atoms with E-state index >= 15 is 0 Å². The molecule has 0 amide bonds. The Kier molecular flexibility index (Phi) is 5.43. The zero-order valence-electron chi connectivity index (χ0n) is 12.3. The van der Waals surface area contributed by atoms with E-state index in [0.29, 0.717) is 0 Å². The molecule has 2 nitrogen and oxygen atoms in total. The van der Waals surface area contributed by atoms with Crippen LogP contribution in [-0.2, 0) is 0 Å². The van der Waals surface area contributed by atoms with E-state index in [4.69, 9.17) is 0 Å². The number of nitrogens with zero attached hydrogens (tertiary/aromatic N) is 1. The fourth-order valence-electron chi connectivity index (χ4n) is 2.23. The van der Waals surface area contributed by atoms with Crippen LogP contribution in [0.2, 0.25) is 0 Å². The molecule has 0 fully saturated rings. The maximum absolute atomic E-state index is 11.5. The van der Waals surface area contributed by atoms with Gasteiger partial charge in [0.2, 0.25) is 0 Å². The lowest BCUT2D eigenvalue weighted by Crippen LogP contribution is -2.00. The fourth-order valence-corrected chi connectivity index (χ4v) is 2.23. The van der Waals surface area contributed by atoms with Crippen molar-refractivity contribution in [3.63, 3.8) is 0 Å². The molecule has 0 atom stereocenters. The first kappa shape index (κ1) is 15.1. The summed E-state index contributed by atoms with van der Waals surface area (Å²) in [6.07, 6.45) is 3.55. The molecule has 0 radical (unpaired) electrons. The molecule has 0 saturated carbocycles. The highest BCUT2D eigenvalue weighted by Crippen LogP contribution is 2.25. The Balaban J connectivity index is 0.000000861. The van der Waals surface area contributed by atoms with Crippen molar-refractivity contribution in [3.05, 3.63) is 53.3 Å². The quantitative estimate of drug-likeness (QED) is 0.734. The molecule has 100 valence electrons. The molecule has 1 aromatic carbocycles. The lowest BCUT2D eigenvalue weighted by atomic mass is 9.94. The van der Waals surface area contributed by atoms with E-state index in [9.17, 15) is 4.79 Å². The highest BCUT2D eigenvalue weighted by molar-refractivity contribution is 5.97. The first-order valence-electron chi connectivity index (χ1n) is 6.62. The summed E-state index contributed by atoms with van der Waals surface area (Å²) in [5.74, 6) is 0.126. The predicted octanol–water partition coefficient (Wildman–Crippen LogP) is 4.59. The van der Waals surface area contributed by atoms with Crippen LogP contribution in [0, 0.1) is 13.8 Å². The van der Waals surface area contributed by atoms with Gasteiger partial charge in [-0.3, -0.25) is 9.78 Å². The van der Waals surface area contributed by atoms with Crippen molar-refractivity contribution >= 4 is 5.78 Å². The molecular weight excluding hydrogens is 234 g/mol. The summed E-state index contributed by atoms with van der Waals surface area (Å²) in [5, 5.41) is 0. The Bertz CT molecular complexity index is 536. The molecule has 1 aromatic heterocycles. The van der Waals surface area contributed by atoms with Crippen LogP contribution in [0.5, 0.6) is 0 Å². The summed E-state index contributed by atoms with van der Waals surface area (Å²) in [7, 11) is 0. The van der Waals surface area contributed by atoms with Crippen molar-refractivity contribution in [1.29, 1.82) is 0 Å². The zero-order valence-corrected chi connectivity index (χ0v) is 12.3. The largest absolute Gasteiger partial charge is 0.294 e. The zero-order chi connectivity index (χ0) is 14.4. The van der Waals surface area contributed by atoms with E-state index in [2.05, 4.69) is 17.1 Å². The van der Waals surface area contributed by atoms with Gasteiger partial charge in [0.15, 0.2) is 5.78 Å². The number of Topliss-reactive ketones (excluding diaryl/α,β-unsaturated/α-hetero) is 1. The number of benzene rings is 1. The van der Waals surface area contributed by atoms with E-state index in [1.54, 1.807) is 19.3 Å². The van der Waals surface area contributed by atoms with Crippen molar-refractivity contribution in [2.24, 2.45) is 0 Å². The van der Waals surface area contributed by atoms with Gasteiger partial charge in [-0.2, -0.15) is 0 Å². The summed E-state index contributed by atoms with van der Waals surface area (Å²) in [4.78, 5) is 15.5. The molecule has 0 aliphatic rings. The number of ketones is 1. The number of hydrogen-bond acceptors (Lipinski definition) is 2. The van der Waals surface area contributed by atoms with Crippen molar-refractivity contribution < 1.29 is 4.79 Å². The van der Waals surface area contributed by atoms with Gasteiger partial charge in [0.05, 0.1) is 0 Å². The summed E-state index contributed by atoms with van der Waals surface area (Å²) in [6, 6.07) is 8.06. The third kappa shape index (κ3) is 3.50. The maximum Gasteiger partial charge on any atom is 0.160 e. The van der Waals surface area contributed by atoms with E-state index in [-0.39, 0.29) is 5.78 Å². The third-order valence-corrected chi connectivity index (χ3v) is 2.90. The number of pyridine rings is 1.